The molecule has 4 heteroatoms. The maximum atomic E-state index is 11.7. The number of amides is 1. The molecule has 3 nitrogen and oxygen atoms in total. The van der Waals surface area contributed by atoms with Gasteiger partial charge in [-0.05, 0) is 23.6 Å². The number of nitrogens with one attached hydrogen (secondary N) is 2. The van der Waals surface area contributed by atoms with Gasteiger partial charge in [0.1, 0.15) is 0 Å². The van der Waals surface area contributed by atoms with Crippen molar-refractivity contribution in [2.75, 3.05) is 13.1 Å². The second-order valence-electron chi connectivity index (χ2n) is 4.58. The lowest BCUT2D eigenvalue weighted by Crippen LogP contribution is -2.57. The Bertz CT molecular complexity index is 387. The van der Waals surface area contributed by atoms with Gasteiger partial charge in [-0.25, -0.2) is 0 Å². The number of rotatable bonds is 4. The van der Waals surface area contributed by atoms with Crippen LogP contribution in [0.15, 0.2) is 28.7 Å². The number of benzene rings is 1. The van der Waals surface area contributed by atoms with Crippen LogP contribution in [-0.2, 0) is 4.79 Å². The smallest absolute Gasteiger partial charge is 0.220 e. The third kappa shape index (κ3) is 3.54. The van der Waals surface area contributed by atoms with Crippen molar-refractivity contribution in [3.05, 3.63) is 34.3 Å². The Morgan fingerprint density at radius 3 is 2.65 bits per heavy atom. The Kier molecular flexibility index (Phi) is 4.18. The van der Waals surface area contributed by atoms with Crippen LogP contribution in [0, 0.1) is 0 Å². The van der Waals surface area contributed by atoms with E-state index in [1.807, 2.05) is 12.1 Å². The molecule has 17 heavy (non-hydrogen) atoms. The van der Waals surface area contributed by atoms with Gasteiger partial charge in [0, 0.05) is 24.0 Å². The third-order valence-electron chi connectivity index (χ3n) is 3.08. The summed E-state index contributed by atoms with van der Waals surface area (Å²) in [5, 5.41) is 6.16. The number of hydrogen-bond donors (Lipinski definition) is 2. The van der Waals surface area contributed by atoms with E-state index in [1.165, 1.54) is 5.56 Å². The lowest BCUT2D eigenvalue weighted by Gasteiger charge is -2.28. The molecule has 1 saturated heterocycles. The van der Waals surface area contributed by atoms with Crippen molar-refractivity contribution in [2.45, 2.75) is 25.3 Å². The fourth-order valence-corrected chi connectivity index (χ4v) is 2.13. The molecule has 1 aromatic carbocycles. The summed E-state index contributed by atoms with van der Waals surface area (Å²) in [6.07, 6.45) is 0.554. The Morgan fingerprint density at radius 2 is 2.12 bits per heavy atom. The fourth-order valence-electron chi connectivity index (χ4n) is 1.86. The second kappa shape index (κ2) is 5.65. The van der Waals surface area contributed by atoms with Gasteiger partial charge in [0.25, 0.3) is 0 Å². The molecule has 2 rings (SSSR count). The summed E-state index contributed by atoms with van der Waals surface area (Å²) in [6.45, 7) is 3.89. The SMILES string of the molecule is CC(CC(=O)NC1CNC1)c1ccc(Br)cc1. The van der Waals surface area contributed by atoms with E-state index in [0.717, 1.165) is 17.6 Å². The Labute approximate surface area is 110 Å². The van der Waals surface area contributed by atoms with Crippen LogP contribution < -0.4 is 10.6 Å². The summed E-state index contributed by atoms with van der Waals surface area (Å²) < 4.78 is 1.07. The summed E-state index contributed by atoms with van der Waals surface area (Å²) in [5.41, 5.74) is 1.20. The molecule has 0 aliphatic carbocycles. The maximum Gasteiger partial charge on any atom is 0.220 e. The minimum absolute atomic E-state index is 0.145. The first-order valence-electron chi connectivity index (χ1n) is 5.90. The quantitative estimate of drug-likeness (QED) is 0.893. The predicted octanol–water partition coefficient (Wildman–Crippen LogP) is 2.03. The van der Waals surface area contributed by atoms with Crippen molar-refractivity contribution in [2.24, 2.45) is 0 Å². The first-order chi connectivity index (χ1) is 8.15. The van der Waals surface area contributed by atoms with Crippen molar-refractivity contribution in [3.8, 4) is 0 Å². The molecule has 1 aliphatic heterocycles. The molecular formula is C13H17BrN2O. The first kappa shape index (κ1) is 12.6. The standard InChI is InChI=1S/C13H17BrN2O/c1-9(10-2-4-11(14)5-3-10)6-13(17)16-12-7-15-8-12/h2-5,9,12,15H,6-8H2,1H3,(H,16,17). The summed E-state index contributed by atoms with van der Waals surface area (Å²) in [6, 6.07) is 8.48. The van der Waals surface area contributed by atoms with Gasteiger partial charge in [-0.2, -0.15) is 0 Å². The molecule has 0 aromatic heterocycles. The van der Waals surface area contributed by atoms with Gasteiger partial charge in [-0.15, -0.1) is 0 Å². The minimum Gasteiger partial charge on any atom is -0.351 e. The zero-order chi connectivity index (χ0) is 12.3. The van der Waals surface area contributed by atoms with Crippen LogP contribution in [0.4, 0.5) is 0 Å². The molecule has 92 valence electrons. The van der Waals surface area contributed by atoms with E-state index in [2.05, 4.69) is 45.6 Å². The highest BCUT2D eigenvalue weighted by molar-refractivity contribution is 9.10. The highest BCUT2D eigenvalue weighted by Gasteiger charge is 2.20. The molecule has 1 aromatic rings. The summed E-state index contributed by atoms with van der Waals surface area (Å²) in [4.78, 5) is 11.7. The zero-order valence-electron chi connectivity index (χ0n) is 9.87. The molecule has 1 aliphatic rings. The highest BCUT2D eigenvalue weighted by Crippen LogP contribution is 2.21. The van der Waals surface area contributed by atoms with Gasteiger partial charge in [-0.3, -0.25) is 4.79 Å². The molecule has 1 amide bonds. The van der Waals surface area contributed by atoms with E-state index in [4.69, 9.17) is 0 Å². The van der Waals surface area contributed by atoms with Crippen LogP contribution in [0.2, 0.25) is 0 Å². The van der Waals surface area contributed by atoms with Crippen molar-refractivity contribution in [1.82, 2.24) is 10.6 Å². The Hall–Kier alpha value is -0.870. The monoisotopic (exact) mass is 296 g/mol. The number of carbonyl (C=O) groups excluding carboxylic acids is 1. The van der Waals surface area contributed by atoms with Crippen LogP contribution in [-0.4, -0.2) is 25.0 Å². The van der Waals surface area contributed by atoms with E-state index in [1.54, 1.807) is 0 Å². The van der Waals surface area contributed by atoms with E-state index in [9.17, 15) is 4.79 Å². The number of carbonyl (C=O) groups is 1. The molecule has 1 fully saturated rings. The number of hydrogen-bond acceptors (Lipinski definition) is 2. The van der Waals surface area contributed by atoms with Crippen molar-refractivity contribution >= 4 is 21.8 Å². The molecule has 0 bridgehead atoms. The zero-order valence-corrected chi connectivity index (χ0v) is 11.5. The highest BCUT2D eigenvalue weighted by atomic mass is 79.9. The van der Waals surface area contributed by atoms with E-state index in [-0.39, 0.29) is 11.8 Å². The normalized spacial score (nSPS) is 17.3. The first-order valence-corrected chi connectivity index (χ1v) is 6.70. The van der Waals surface area contributed by atoms with Crippen molar-refractivity contribution in [1.29, 1.82) is 0 Å². The lowest BCUT2D eigenvalue weighted by atomic mass is 9.97. The summed E-state index contributed by atoms with van der Waals surface area (Å²) >= 11 is 3.41. The molecular weight excluding hydrogens is 280 g/mol. The van der Waals surface area contributed by atoms with Gasteiger partial charge < -0.3 is 10.6 Å². The average Bonchev–Trinajstić information content (AvgIpc) is 2.24. The fraction of sp³-hybridized carbons (Fsp3) is 0.462. The second-order valence-corrected chi connectivity index (χ2v) is 5.50. The predicted molar refractivity (Wildman–Crippen MR) is 72.0 cm³/mol. The Balaban J connectivity index is 1.84. The van der Waals surface area contributed by atoms with Gasteiger partial charge in [0.05, 0.1) is 6.04 Å². The van der Waals surface area contributed by atoms with Crippen molar-refractivity contribution in [3.63, 3.8) is 0 Å². The number of halogens is 1. The van der Waals surface area contributed by atoms with Crippen LogP contribution in [0.1, 0.15) is 24.8 Å². The molecule has 2 N–H and O–H groups in total. The van der Waals surface area contributed by atoms with Gasteiger partial charge in [0.15, 0.2) is 0 Å². The van der Waals surface area contributed by atoms with E-state index < -0.39 is 0 Å². The van der Waals surface area contributed by atoms with Gasteiger partial charge in [-0.1, -0.05) is 35.0 Å². The van der Waals surface area contributed by atoms with Gasteiger partial charge >= 0.3 is 0 Å². The molecule has 0 saturated carbocycles. The topological polar surface area (TPSA) is 41.1 Å². The van der Waals surface area contributed by atoms with E-state index >= 15 is 0 Å². The minimum atomic E-state index is 0.145. The van der Waals surface area contributed by atoms with E-state index in [0.29, 0.717) is 12.5 Å². The van der Waals surface area contributed by atoms with Crippen molar-refractivity contribution < 1.29 is 4.79 Å². The van der Waals surface area contributed by atoms with Crippen LogP contribution >= 0.6 is 15.9 Å². The molecule has 0 spiro atoms. The average molecular weight is 297 g/mol. The Morgan fingerprint density at radius 1 is 1.47 bits per heavy atom. The van der Waals surface area contributed by atoms with Gasteiger partial charge in [0.2, 0.25) is 5.91 Å². The molecule has 1 atom stereocenters. The molecule has 1 unspecified atom stereocenters. The summed E-state index contributed by atoms with van der Waals surface area (Å²) in [5.74, 6) is 0.406. The molecule has 0 radical (unpaired) electrons. The molecule has 1 heterocycles. The maximum absolute atomic E-state index is 11.7. The lowest BCUT2D eigenvalue weighted by molar-refractivity contribution is -0.122. The van der Waals surface area contributed by atoms with Crippen LogP contribution in [0.25, 0.3) is 0 Å². The van der Waals surface area contributed by atoms with Crippen LogP contribution in [0.3, 0.4) is 0 Å². The third-order valence-corrected chi connectivity index (χ3v) is 3.61. The largest absolute Gasteiger partial charge is 0.351 e. The summed E-state index contributed by atoms with van der Waals surface area (Å²) in [7, 11) is 0. The van der Waals surface area contributed by atoms with Crippen LogP contribution in [0.5, 0.6) is 0 Å².